The number of piperidine rings is 1. The van der Waals surface area contributed by atoms with E-state index in [9.17, 15) is 18.9 Å². The van der Waals surface area contributed by atoms with Crippen molar-refractivity contribution in [2.24, 2.45) is 5.92 Å². The summed E-state index contributed by atoms with van der Waals surface area (Å²) in [4.78, 5) is 12.1. The van der Waals surface area contributed by atoms with Crippen molar-refractivity contribution < 1.29 is 18.4 Å². The highest BCUT2D eigenvalue weighted by atomic mass is 19.3. The lowest BCUT2D eigenvalue weighted by Crippen LogP contribution is -2.33. The van der Waals surface area contributed by atoms with Gasteiger partial charge in [-0.05, 0) is 24.8 Å². The summed E-state index contributed by atoms with van der Waals surface area (Å²) in [6.07, 6.45) is 3.76. The summed E-state index contributed by atoms with van der Waals surface area (Å²) in [5.41, 5.74) is 0.193. The minimum absolute atomic E-state index is 0.404. The summed E-state index contributed by atoms with van der Waals surface area (Å²) in [6.45, 7) is 2.18. The van der Waals surface area contributed by atoms with Crippen molar-refractivity contribution >= 4 is 11.4 Å². The molecule has 1 saturated heterocycles. The minimum Gasteiger partial charge on any atom is -0.427 e. The third-order valence-corrected chi connectivity index (χ3v) is 3.59. The molecule has 21 heavy (non-hydrogen) atoms. The lowest BCUT2D eigenvalue weighted by molar-refractivity contribution is -0.386. The molecular formula is C14H16F2N2O3. The fraction of sp³-hybridized carbons (Fsp3) is 0.429. The number of hydrogen-bond acceptors (Lipinski definition) is 4. The van der Waals surface area contributed by atoms with Crippen LogP contribution in [0.3, 0.4) is 0 Å². The molecule has 0 spiro atoms. The lowest BCUT2D eigenvalue weighted by atomic mass is 9.97. The first-order chi connectivity index (χ1) is 10.0. The maximum absolute atomic E-state index is 12.4. The molecule has 1 aromatic rings. The van der Waals surface area contributed by atoms with Crippen molar-refractivity contribution in [3.63, 3.8) is 0 Å². The molecule has 0 N–H and O–H groups in total. The van der Waals surface area contributed by atoms with Gasteiger partial charge in [0.15, 0.2) is 0 Å². The standard InChI is InChI=1S/C14H16F2N2O3/c1-2-10-5-7-17(8-6-10)11-3-4-12(18(19)20)13(9-11)21-14(15)16/h2-4,9-10,14H,1,5-8H2. The zero-order valence-corrected chi connectivity index (χ0v) is 11.4. The largest absolute Gasteiger partial charge is 0.427 e. The van der Waals surface area contributed by atoms with Crippen LogP contribution in [0.5, 0.6) is 5.75 Å². The number of allylic oxidation sites excluding steroid dienone is 1. The Hall–Kier alpha value is -2.18. The van der Waals surface area contributed by atoms with Crippen LogP contribution < -0.4 is 9.64 Å². The number of rotatable bonds is 5. The van der Waals surface area contributed by atoms with E-state index in [1.165, 1.54) is 12.1 Å². The van der Waals surface area contributed by atoms with Crippen molar-refractivity contribution in [3.05, 3.63) is 41.0 Å². The molecular weight excluding hydrogens is 282 g/mol. The molecule has 114 valence electrons. The summed E-state index contributed by atoms with van der Waals surface area (Å²) in [6, 6.07) is 4.07. The molecule has 0 atom stereocenters. The second kappa shape index (κ2) is 6.51. The highest BCUT2D eigenvalue weighted by Crippen LogP contribution is 2.34. The van der Waals surface area contributed by atoms with Crippen molar-refractivity contribution in [2.75, 3.05) is 18.0 Å². The van der Waals surface area contributed by atoms with Crippen LogP contribution in [-0.2, 0) is 0 Å². The molecule has 1 fully saturated rings. The van der Waals surface area contributed by atoms with Gasteiger partial charge in [-0.15, -0.1) is 6.58 Å². The number of hydrogen-bond donors (Lipinski definition) is 0. The van der Waals surface area contributed by atoms with E-state index in [0.29, 0.717) is 11.6 Å². The third-order valence-electron chi connectivity index (χ3n) is 3.59. The lowest BCUT2D eigenvalue weighted by Gasteiger charge is -2.32. The van der Waals surface area contributed by atoms with Crippen LogP contribution in [0.4, 0.5) is 20.2 Å². The Morgan fingerprint density at radius 1 is 1.43 bits per heavy atom. The molecule has 1 heterocycles. The molecule has 0 amide bonds. The monoisotopic (exact) mass is 298 g/mol. The van der Waals surface area contributed by atoms with E-state index in [2.05, 4.69) is 11.3 Å². The highest BCUT2D eigenvalue weighted by molar-refractivity contribution is 5.59. The van der Waals surface area contributed by atoms with E-state index < -0.39 is 23.0 Å². The topological polar surface area (TPSA) is 55.6 Å². The average molecular weight is 298 g/mol. The number of halogens is 2. The van der Waals surface area contributed by atoms with Gasteiger partial charge in [0.2, 0.25) is 5.75 Å². The maximum Gasteiger partial charge on any atom is 0.387 e. The quantitative estimate of drug-likeness (QED) is 0.473. The van der Waals surface area contributed by atoms with Gasteiger partial charge in [-0.3, -0.25) is 10.1 Å². The first-order valence-electron chi connectivity index (χ1n) is 6.62. The number of alkyl halides is 2. The predicted molar refractivity (Wildman–Crippen MR) is 74.9 cm³/mol. The molecule has 7 heteroatoms. The van der Waals surface area contributed by atoms with Crippen LogP contribution in [0, 0.1) is 16.0 Å². The summed E-state index contributed by atoms with van der Waals surface area (Å²) in [5.74, 6) is 0.0504. The molecule has 0 saturated carbocycles. The summed E-state index contributed by atoms with van der Waals surface area (Å²) in [5, 5.41) is 10.8. The van der Waals surface area contributed by atoms with E-state index in [1.807, 2.05) is 11.0 Å². The Morgan fingerprint density at radius 3 is 2.62 bits per heavy atom. The summed E-state index contributed by atoms with van der Waals surface area (Å²) >= 11 is 0. The van der Waals surface area contributed by atoms with Gasteiger partial charge in [0.1, 0.15) is 0 Å². The van der Waals surface area contributed by atoms with Gasteiger partial charge >= 0.3 is 12.3 Å². The second-order valence-electron chi connectivity index (χ2n) is 4.85. The molecule has 0 radical (unpaired) electrons. The van der Waals surface area contributed by atoms with Crippen LogP contribution in [0.25, 0.3) is 0 Å². The Morgan fingerprint density at radius 2 is 2.10 bits per heavy atom. The zero-order chi connectivity index (χ0) is 15.4. The van der Waals surface area contributed by atoms with Crippen LogP contribution in [-0.4, -0.2) is 24.6 Å². The molecule has 1 aromatic carbocycles. The Kier molecular flexibility index (Phi) is 4.72. The van der Waals surface area contributed by atoms with Crippen LogP contribution in [0.1, 0.15) is 12.8 Å². The summed E-state index contributed by atoms with van der Waals surface area (Å²) in [7, 11) is 0. The van der Waals surface area contributed by atoms with Gasteiger partial charge in [-0.25, -0.2) is 0 Å². The molecule has 1 aliphatic heterocycles. The first kappa shape index (κ1) is 15.2. The predicted octanol–water partition coefficient (Wildman–Crippen LogP) is 3.60. The fourth-order valence-corrected chi connectivity index (χ4v) is 2.43. The Bertz CT molecular complexity index is 529. The Labute approximate surface area is 121 Å². The summed E-state index contributed by atoms with van der Waals surface area (Å²) < 4.78 is 29.0. The van der Waals surface area contributed by atoms with Gasteiger partial charge in [-0.2, -0.15) is 8.78 Å². The average Bonchev–Trinajstić information content (AvgIpc) is 2.46. The number of nitro groups is 1. The second-order valence-corrected chi connectivity index (χ2v) is 4.85. The zero-order valence-electron chi connectivity index (χ0n) is 11.4. The van der Waals surface area contributed by atoms with E-state index >= 15 is 0 Å². The Balaban J connectivity index is 2.21. The minimum atomic E-state index is -3.09. The highest BCUT2D eigenvalue weighted by Gasteiger charge is 2.22. The van der Waals surface area contributed by atoms with Gasteiger partial charge in [-0.1, -0.05) is 6.08 Å². The van der Waals surface area contributed by atoms with Crippen LogP contribution >= 0.6 is 0 Å². The molecule has 5 nitrogen and oxygen atoms in total. The van der Waals surface area contributed by atoms with Crippen LogP contribution in [0.2, 0.25) is 0 Å². The number of benzene rings is 1. The van der Waals surface area contributed by atoms with Crippen molar-refractivity contribution in [1.29, 1.82) is 0 Å². The number of nitro benzene ring substituents is 1. The number of nitrogens with zero attached hydrogens (tertiary/aromatic N) is 2. The van der Waals surface area contributed by atoms with E-state index in [4.69, 9.17) is 0 Å². The van der Waals surface area contributed by atoms with Crippen molar-refractivity contribution in [3.8, 4) is 5.75 Å². The number of anilines is 1. The van der Waals surface area contributed by atoms with E-state index in [-0.39, 0.29) is 0 Å². The molecule has 1 aliphatic rings. The molecule has 0 aromatic heterocycles. The normalized spacial score (nSPS) is 16.0. The number of ether oxygens (including phenoxy) is 1. The molecule has 0 unspecified atom stereocenters. The van der Waals surface area contributed by atoms with E-state index in [1.54, 1.807) is 6.07 Å². The van der Waals surface area contributed by atoms with Gasteiger partial charge in [0.25, 0.3) is 0 Å². The maximum atomic E-state index is 12.4. The smallest absolute Gasteiger partial charge is 0.387 e. The molecule has 2 rings (SSSR count). The van der Waals surface area contributed by atoms with Crippen molar-refractivity contribution in [1.82, 2.24) is 0 Å². The van der Waals surface area contributed by atoms with Gasteiger partial charge in [0, 0.05) is 30.9 Å². The van der Waals surface area contributed by atoms with E-state index in [0.717, 1.165) is 25.9 Å². The SMILES string of the molecule is C=CC1CCN(c2ccc([N+](=O)[O-])c(OC(F)F)c2)CC1. The van der Waals surface area contributed by atoms with Gasteiger partial charge < -0.3 is 9.64 Å². The van der Waals surface area contributed by atoms with Crippen molar-refractivity contribution in [2.45, 2.75) is 19.5 Å². The van der Waals surface area contributed by atoms with Gasteiger partial charge in [0.05, 0.1) is 4.92 Å². The molecule has 0 bridgehead atoms. The van der Waals surface area contributed by atoms with Crippen LogP contribution in [0.15, 0.2) is 30.9 Å². The third kappa shape index (κ3) is 3.68. The first-order valence-corrected chi connectivity index (χ1v) is 6.62. The fourth-order valence-electron chi connectivity index (χ4n) is 2.43. The molecule has 0 aliphatic carbocycles.